The predicted molar refractivity (Wildman–Crippen MR) is 82.1 cm³/mol. The van der Waals surface area contributed by atoms with Crippen LogP contribution in [0.25, 0.3) is 0 Å². The number of hydrogen-bond acceptors (Lipinski definition) is 3. The molecule has 0 bridgehead atoms. The Kier molecular flexibility index (Phi) is 4.00. The lowest BCUT2D eigenvalue weighted by atomic mass is 10.1. The Labute approximate surface area is 128 Å². The average molecular weight is 305 g/mol. The highest BCUT2D eigenvalue weighted by molar-refractivity contribution is 6.00. The van der Waals surface area contributed by atoms with E-state index in [0.29, 0.717) is 11.4 Å². The van der Waals surface area contributed by atoms with Crippen molar-refractivity contribution < 1.29 is 14.0 Å². The van der Waals surface area contributed by atoms with Gasteiger partial charge in [-0.1, -0.05) is 0 Å². The van der Waals surface area contributed by atoms with Gasteiger partial charge in [-0.15, -0.1) is 0 Å². The van der Waals surface area contributed by atoms with E-state index >= 15 is 0 Å². The molecule has 6 heteroatoms. The molecule has 0 spiro atoms. The minimum Gasteiger partial charge on any atom is -0.369 e. The highest BCUT2D eigenvalue weighted by atomic mass is 19.1. The minimum atomic E-state index is -0.489. The molecule has 2 fully saturated rings. The number of piperidine rings is 1. The van der Waals surface area contributed by atoms with Gasteiger partial charge in [-0.3, -0.25) is 9.59 Å². The molecule has 1 aromatic carbocycles. The highest BCUT2D eigenvalue weighted by Gasteiger charge is 2.34. The van der Waals surface area contributed by atoms with E-state index in [1.807, 2.05) is 4.90 Å². The Balaban J connectivity index is 1.80. The zero-order valence-corrected chi connectivity index (χ0v) is 12.4. The van der Waals surface area contributed by atoms with E-state index in [1.165, 1.54) is 17.4 Å². The molecule has 2 amide bonds. The summed E-state index contributed by atoms with van der Waals surface area (Å²) in [6.07, 6.45) is 3.44. The zero-order valence-electron chi connectivity index (χ0n) is 12.4. The van der Waals surface area contributed by atoms with Gasteiger partial charge in [0.25, 0.3) is 0 Å². The predicted octanol–water partition coefficient (Wildman–Crippen LogP) is 1.65. The first-order chi connectivity index (χ1) is 10.6. The van der Waals surface area contributed by atoms with Gasteiger partial charge in [0.1, 0.15) is 5.82 Å². The molecule has 0 aliphatic carbocycles. The first kappa shape index (κ1) is 14.8. The fraction of sp³-hybridized carbons (Fsp3) is 0.500. The Morgan fingerprint density at radius 1 is 1.23 bits per heavy atom. The number of benzene rings is 1. The second-order valence-electron chi connectivity index (χ2n) is 5.99. The number of nitrogens with two attached hydrogens (primary N) is 1. The summed E-state index contributed by atoms with van der Waals surface area (Å²) in [5.41, 5.74) is 6.33. The van der Waals surface area contributed by atoms with E-state index in [0.717, 1.165) is 25.9 Å². The largest absolute Gasteiger partial charge is 0.369 e. The third-order valence-corrected chi connectivity index (χ3v) is 4.47. The average Bonchev–Trinajstić information content (AvgIpc) is 2.90. The van der Waals surface area contributed by atoms with Crippen molar-refractivity contribution in [2.45, 2.75) is 25.7 Å². The number of nitrogens with zero attached hydrogens (tertiary/aromatic N) is 2. The molecule has 2 aliphatic heterocycles. The summed E-state index contributed by atoms with van der Waals surface area (Å²) in [6, 6.07) is 4.85. The number of amides is 2. The molecule has 5 nitrogen and oxygen atoms in total. The Morgan fingerprint density at radius 2 is 1.95 bits per heavy atom. The van der Waals surface area contributed by atoms with Gasteiger partial charge in [-0.25, -0.2) is 4.39 Å². The number of rotatable bonds is 3. The maximum Gasteiger partial charge on any atom is 0.227 e. The molecule has 2 aliphatic rings. The molecular weight excluding hydrogens is 285 g/mol. The van der Waals surface area contributed by atoms with Crippen LogP contribution in [0.5, 0.6) is 0 Å². The van der Waals surface area contributed by atoms with Gasteiger partial charge >= 0.3 is 0 Å². The number of primary amides is 1. The van der Waals surface area contributed by atoms with Gasteiger partial charge in [-0.2, -0.15) is 0 Å². The molecule has 2 heterocycles. The van der Waals surface area contributed by atoms with Crippen molar-refractivity contribution in [3.8, 4) is 0 Å². The lowest BCUT2D eigenvalue weighted by Gasteiger charge is -2.29. The van der Waals surface area contributed by atoms with Gasteiger partial charge in [0.15, 0.2) is 0 Å². The third kappa shape index (κ3) is 2.77. The maximum atomic E-state index is 14.4. The quantitative estimate of drug-likeness (QED) is 0.923. The van der Waals surface area contributed by atoms with E-state index in [-0.39, 0.29) is 24.7 Å². The first-order valence-corrected chi connectivity index (χ1v) is 7.70. The van der Waals surface area contributed by atoms with Gasteiger partial charge in [0, 0.05) is 31.7 Å². The first-order valence-electron chi connectivity index (χ1n) is 7.70. The van der Waals surface area contributed by atoms with Crippen LogP contribution in [-0.4, -0.2) is 31.4 Å². The van der Waals surface area contributed by atoms with Crippen molar-refractivity contribution in [3.05, 3.63) is 24.0 Å². The monoisotopic (exact) mass is 305 g/mol. The number of halogens is 1. The molecule has 0 saturated carbocycles. The van der Waals surface area contributed by atoms with E-state index in [9.17, 15) is 14.0 Å². The van der Waals surface area contributed by atoms with Crippen LogP contribution in [-0.2, 0) is 9.59 Å². The van der Waals surface area contributed by atoms with Crippen LogP contribution in [0.1, 0.15) is 25.7 Å². The van der Waals surface area contributed by atoms with Crippen LogP contribution in [0.2, 0.25) is 0 Å². The van der Waals surface area contributed by atoms with Crippen molar-refractivity contribution in [2.75, 3.05) is 29.4 Å². The fourth-order valence-electron chi connectivity index (χ4n) is 3.20. The Morgan fingerprint density at radius 3 is 2.55 bits per heavy atom. The summed E-state index contributed by atoms with van der Waals surface area (Å²) in [6.45, 7) is 1.96. The molecule has 1 atom stereocenters. The molecule has 0 aromatic heterocycles. The molecule has 118 valence electrons. The number of anilines is 2. The molecule has 2 saturated heterocycles. The van der Waals surface area contributed by atoms with Crippen LogP contribution in [0.4, 0.5) is 15.8 Å². The van der Waals surface area contributed by atoms with Gasteiger partial charge < -0.3 is 15.5 Å². The van der Waals surface area contributed by atoms with E-state index < -0.39 is 11.8 Å². The number of carbonyl (C=O) groups excluding carboxylic acids is 2. The Bertz CT molecular complexity index is 599. The third-order valence-electron chi connectivity index (χ3n) is 4.47. The van der Waals surface area contributed by atoms with Crippen molar-refractivity contribution in [1.82, 2.24) is 0 Å². The molecule has 0 radical (unpaired) electrons. The summed E-state index contributed by atoms with van der Waals surface area (Å²) in [5, 5.41) is 0. The normalized spacial score (nSPS) is 22.2. The summed E-state index contributed by atoms with van der Waals surface area (Å²) >= 11 is 0. The topological polar surface area (TPSA) is 66.6 Å². The van der Waals surface area contributed by atoms with Gasteiger partial charge in [0.05, 0.1) is 11.6 Å². The van der Waals surface area contributed by atoms with Gasteiger partial charge in [0.2, 0.25) is 11.8 Å². The summed E-state index contributed by atoms with van der Waals surface area (Å²) < 4.78 is 14.4. The minimum absolute atomic E-state index is 0.102. The molecule has 3 rings (SSSR count). The fourth-order valence-corrected chi connectivity index (χ4v) is 3.20. The van der Waals surface area contributed by atoms with E-state index in [4.69, 9.17) is 5.73 Å². The van der Waals surface area contributed by atoms with Crippen LogP contribution >= 0.6 is 0 Å². The summed E-state index contributed by atoms with van der Waals surface area (Å²) in [7, 11) is 0. The summed E-state index contributed by atoms with van der Waals surface area (Å²) in [5.74, 6) is -1.48. The van der Waals surface area contributed by atoms with Crippen molar-refractivity contribution >= 4 is 23.2 Å². The van der Waals surface area contributed by atoms with Crippen molar-refractivity contribution in [1.29, 1.82) is 0 Å². The lowest BCUT2D eigenvalue weighted by Crippen LogP contribution is -2.31. The van der Waals surface area contributed by atoms with Crippen molar-refractivity contribution in [2.24, 2.45) is 11.7 Å². The smallest absolute Gasteiger partial charge is 0.227 e. The van der Waals surface area contributed by atoms with Crippen LogP contribution in [0.3, 0.4) is 0 Å². The van der Waals surface area contributed by atoms with E-state index in [2.05, 4.69) is 0 Å². The van der Waals surface area contributed by atoms with Gasteiger partial charge in [-0.05, 0) is 37.5 Å². The second-order valence-corrected chi connectivity index (χ2v) is 5.99. The van der Waals surface area contributed by atoms with Crippen LogP contribution < -0.4 is 15.5 Å². The zero-order chi connectivity index (χ0) is 15.7. The Hall–Kier alpha value is -2.11. The highest BCUT2D eigenvalue weighted by Crippen LogP contribution is 2.30. The van der Waals surface area contributed by atoms with Crippen LogP contribution in [0.15, 0.2) is 18.2 Å². The lowest BCUT2D eigenvalue weighted by molar-refractivity contribution is -0.123. The number of hydrogen-bond donors (Lipinski definition) is 1. The van der Waals surface area contributed by atoms with Crippen LogP contribution in [0, 0.1) is 11.7 Å². The molecule has 22 heavy (non-hydrogen) atoms. The van der Waals surface area contributed by atoms with E-state index in [1.54, 1.807) is 12.1 Å². The molecule has 1 unspecified atom stereocenters. The number of carbonyl (C=O) groups is 2. The molecular formula is C16H20FN3O2. The van der Waals surface area contributed by atoms with Crippen molar-refractivity contribution in [3.63, 3.8) is 0 Å². The molecule has 2 N–H and O–H groups in total. The standard InChI is InChI=1S/C16H20FN3O2/c17-13-9-12(20-10-11(16(18)22)8-15(20)21)4-5-14(13)19-6-2-1-3-7-19/h4-5,9,11H,1-3,6-8,10H2,(H2,18,22). The maximum absolute atomic E-state index is 14.4. The summed E-state index contributed by atoms with van der Waals surface area (Å²) in [4.78, 5) is 26.7. The molecule has 1 aromatic rings. The second kappa shape index (κ2) is 5.94. The SMILES string of the molecule is NC(=O)C1CC(=O)N(c2ccc(N3CCCCC3)c(F)c2)C1.